The summed E-state index contributed by atoms with van der Waals surface area (Å²) >= 11 is 0. The maximum Gasteiger partial charge on any atom is 0.335 e. The van der Waals surface area contributed by atoms with E-state index in [0.717, 1.165) is 30.7 Å². The van der Waals surface area contributed by atoms with E-state index in [2.05, 4.69) is 15.0 Å². The molecule has 0 radical (unpaired) electrons. The highest BCUT2D eigenvalue weighted by Gasteiger charge is 2.21. The minimum atomic E-state index is -0.716. The van der Waals surface area contributed by atoms with Gasteiger partial charge in [0.15, 0.2) is 0 Å². The van der Waals surface area contributed by atoms with Crippen LogP contribution in [0, 0.1) is 0 Å². The summed E-state index contributed by atoms with van der Waals surface area (Å²) in [4.78, 5) is 29.3. The van der Waals surface area contributed by atoms with E-state index < -0.39 is 17.1 Å². The van der Waals surface area contributed by atoms with E-state index in [1.54, 1.807) is 31.4 Å². The molecule has 1 fully saturated rings. The van der Waals surface area contributed by atoms with Crippen molar-refractivity contribution in [1.82, 2.24) is 19.5 Å². The average Bonchev–Trinajstić information content (AvgIpc) is 2.69. The monoisotopic (exact) mass is 387 g/mol. The van der Waals surface area contributed by atoms with Crippen molar-refractivity contribution in [3.8, 4) is 17.3 Å². The van der Waals surface area contributed by atoms with Crippen LogP contribution in [-0.4, -0.2) is 70.6 Å². The summed E-state index contributed by atoms with van der Waals surface area (Å²) in [5.41, 5.74) is -0.508. The van der Waals surface area contributed by atoms with Gasteiger partial charge in [0.1, 0.15) is 11.3 Å². The molecular weight excluding hydrogens is 362 g/mol. The first kappa shape index (κ1) is 19.7. The van der Waals surface area contributed by atoms with E-state index in [1.165, 1.54) is 0 Å². The molecule has 2 aromatic rings. The molecule has 0 bridgehead atoms. The van der Waals surface area contributed by atoms with Crippen LogP contribution in [0.2, 0.25) is 0 Å². The minimum Gasteiger partial charge on any atom is -0.497 e. The van der Waals surface area contributed by atoms with Crippen LogP contribution < -0.4 is 16.0 Å². The summed E-state index contributed by atoms with van der Waals surface area (Å²) in [5, 5.41) is 17.3. The lowest BCUT2D eigenvalue weighted by Crippen LogP contribution is -2.42. The number of rotatable bonds is 5. The number of nitrogens with zero attached hydrogens (tertiary/aromatic N) is 4. The van der Waals surface area contributed by atoms with Gasteiger partial charge < -0.3 is 14.7 Å². The molecule has 0 aliphatic carbocycles. The van der Waals surface area contributed by atoms with E-state index in [-0.39, 0.29) is 5.56 Å². The first-order valence-electron chi connectivity index (χ1n) is 9.18. The molecule has 9 nitrogen and oxygen atoms in total. The van der Waals surface area contributed by atoms with Gasteiger partial charge in [-0.25, -0.2) is 9.36 Å². The number of hydrogen-bond acceptors (Lipinski definition) is 7. The number of aromatic amines is 1. The van der Waals surface area contributed by atoms with Gasteiger partial charge in [-0.1, -0.05) is 6.92 Å². The molecule has 150 valence electrons. The predicted octanol–water partition coefficient (Wildman–Crippen LogP) is 0.602. The van der Waals surface area contributed by atoms with Crippen molar-refractivity contribution in [2.45, 2.75) is 13.3 Å². The van der Waals surface area contributed by atoms with Gasteiger partial charge in [0.05, 0.1) is 18.5 Å². The molecule has 1 saturated heterocycles. The second-order valence-corrected chi connectivity index (χ2v) is 6.65. The van der Waals surface area contributed by atoms with Crippen molar-refractivity contribution in [2.24, 2.45) is 5.10 Å². The Balaban J connectivity index is 2.07. The molecule has 0 unspecified atom stereocenters. The zero-order valence-electron chi connectivity index (χ0n) is 16.3. The van der Waals surface area contributed by atoms with Gasteiger partial charge in [-0.2, -0.15) is 5.10 Å². The fourth-order valence-electron chi connectivity index (χ4n) is 3.12. The second kappa shape index (κ2) is 8.30. The Kier molecular flexibility index (Phi) is 5.84. The maximum atomic E-state index is 12.5. The van der Waals surface area contributed by atoms with Crippen molar-refractivity contribution in [3.05, 3.63) is 50.7 Å². The Morgan fingerprint density at radius 3 is 2.39 bits per heavy atom. The molecule has 1 aliphatic heterocycles. The molecule has 28 heavy (non-hydrogen) atoms. The largest absolute Gasteiger partial charge is 0.497 e. The first-order chi connectivity index (χ1) is 13.4. The lowest BCUT2D eigenvalue weighted by molar-refractivity contribution is 0.159. The summed E-state index contributed by atoms with van der Waals surface area (Å²) in [6.45, 7) is 5.06. The lowest BCUT2D eigenvalue weighted by Gasteiger charge is -2.31. The zero-order chi connectivity index (χ0) is 20.3. The molecule has 2 N–H and O–H groups in total. The summed E-state index contributed by atoms with van der Waals surface area (Å²) in [6.07, 6.45) is 0.434. The van der Waals surface area contributed by atoms with E-state index in [1.807, 2.05) is 19.0 Å². The van der Waals surface area contributed by atoms with Gasteiger partial charge in [-0.05, 0) is 37.7 Å². The molecule has 9 heteroatoms. The first-order valence-corrected chi connectivity index (χ1v) is 9.18. The molecule has 1 aromatic heterocycles. The molecule has 0 spiro atoms. The molecule has 0 amide bonds. The average molecular weight is 387 g/mol. The van der Waals surface area contributed by atoms with Crippen molar-refractivity contribution in [2.75, 3.05) is 40.3 Å². The number of methoxy groups -OCH3 is 1. The number of aromatic nitrogens is 2. The zero-order valence-corrected chi connectivity index (χ0v) is 16.3. The standard InChI is InChI=1S/C19H25N5O4/c1-4-15(21-23-11-9-22(2)10-12-23)16-17(25)20-19(27)24(18(16)26)13-5-7-14(28-3)8-6-13/h5-8,26H,4,9-12H2,1-3H3,(H,20,25,27)/b21-15+. The Labute approximate surface area is 162 Å². The normalized spacial score (nSPS) is 15.7. The van der Waals surface area contributed by atoms with Crippen LogP contribution in [0.3, 0.4) is 0 Å². The number of piperazine rings is 1. The molecule has 1 aromatic carbocycles. The molecule has 0 saturated carbocycles. The summed E-state index contributed by atoms with van der Waals surface area (Å²) in [5.74, 6) is 0.195. The Hall–Kier alpha value is -3.07. The van der Waals surface area contributed by atoms with Gasteiger partial charge >= 0.3 is 5.69 Å². The Bertz CT molecular complexity index is 969. The van der Waals surface area contributed by atoms with Gasteiger partial charge in [-0.3, -0.25) is 14.8 Å². The van der Waals surface area contributed by atoms with E-state index in [9.17, 15) is 14.7 Å². The minimum absolute atomic E-state index is 0.0110. The van der Waals surface area contributed by atoms with Gasteiger partial charge in [0.25, 0.3) is 5.56 Å². The van der Waals surface area contributed by atoms with Gasteiger partial charge in [-0.15, -0.1) is 0 Å². The quantitative estimate of drug-likeness (QED) is 0.729. The topological polar surface area (TPSA) is 103 Å². The fraction of sp³-hybridized carbons (Fsp3) is 0.421. The highest BCUT2D eigenvalue weighted by Crippen LogP contribution is 2.20. The van der Waals surface area contributed by atoms with Crippen LogP contribution >= 0.6 is 0 Å². The number of benzene rings is 1. The summed E-state index contributed by atoms with van der Waals surface area (Å²) in [6, 6.07) is 6.60. The molecule has 2 heterocycles. The SMILES string of the molecule is CC/C(=N\N1CCN(C)CC1)c1c(O)n(-c2ccc(OC)cc2)c(=O)[nH]c1=O. The third-order valence-electron chi connectivity index (χ3n) is 4.78. The summed E-state index contributed by atoms with van der Waals surface area (Å²) < 4.78 is 6.18. The van der Waals surface area contributed by atoms with Crippen LogP contribution in [0.15, 0.2) is 39.0 Å². The lowest BCUT2D eigenvalue weighted by atomic mass is 10.1. The molecular formula is C19H25N5O4. The number of aromatic hydroxyl groups is 1. The van der Waals surface area contributed by atoms with Gasteiger partial charge in [0, 0.05) is 26.2 Å². The van der Waals surface area contributed by atoms with Crippen molar-refractivity contribution in [1.29, 1.82) is 0 Å². The fourth-order valence-corrected chi connectivity index (χ4v) is 3.12. The predicted molar refractivity (Wildman–Crippen MR) is 107 cm³/mol. The van der Waals surface area contributed by atoms with Crippen molar-refractivity contribution < 1.29 is 9.84 Å². The van der Waals surface area contributed by atoms with Crippen LogP contribution in [0.5, 0.6) is 11.6 Å². The molecule has 1 aliphatic rings. The third kappa shape index (κ3) is 3.94. The van der Waals surface area contributed by atoms with Crippen LogP contribution in [-0.2, 0) is 0 Å². The number of hydrazone groups is 1. The van der Waals surface area contributed by atoms with Crippen molar-refractivity contribution >= 4 is 5.71 Å². The Morgan fingerprint density at radius 2 is 1.82 bits per heavy atom. The molecule has 3 rings (SSSR count). The number of nitrogens with one attached hydrogen (secondary N) is 1. The molecule has 0 atom stereocenters. The van der Waals surface area contributed by atoms with Crippen LogP contribution in [0.25, 0.3) is 5.69 Å². The van der Waals surface area contributed by atoms with E-state index in [0.29, 0.717) is 23.6 Å². The maximum absolute atomic E-state index is 12.5. The Morgan fingerprint density at radius 1 is 1.18 bits per heavy atom. The number of ether oxygens (including phenoxy) is 1. The number of hydrogen-bond donors (Lipinski definition) is 2. The van der Waals surface area contributed by atoms with Crippen molar-refractivity contribution in [3.63, 3.8) is 0 Å². The highest BCUT2D eigenvalue weighted by molar-refractivity contribution is 6.01. The summed E-state index contributed by atoms with van der Waals surface area (Å²) in [7, 11) is 3.59. The van der Waals surface area contributed by atoms with Crippen LogP contribution in [0.4, 0.5) is 0 Å². The highest BCUT2D eigenvalue weighted by atomic mass is 16.5. The van der Waals surface area contributed by atoms with E-state index in [4.69, 9.17) is 4.74 Å². The number of H-pyrrole nitrogens is 1. The number of likely N-dealkylation sites (N-methyl/N-ethyl adjacent to an activating group) is 1. The van der Waals surface area contributed by atoms with Crippen LogP contribution in [0.1, 0.15) is 18.9 Å². The van der Waals surface area contributed by atoms with Gasteiger partial charge in [0.2, 0.25) is 5.88 Å². The van der Waals surface area contributed by atoms with E-state index >= 15 is 0 Å². The smallest absolute Gasteiger partial charge is 0.335 e. The third-order valence-corrected chi connectivity index (χ3v) is 4.78. The second-order valence-electron chi connectivity index (χ2n) is 6.65.